The first kappa shape index (κ1) is 27.1. The van der Waals surface area contributed by atoms with Gasteiger partial charge in [-0.15, -0.1) is 0 Å². The summed E-state index contributed by atoms with van der Waals surface area (Å²) in [7, 11) is 0. The molecule has 4 N–H and O–H groups in total. The van der Waals surface area contributed by atoms with Crippen molar-refractivity contribution in [1.82, 2.24) is 5.32 Å². The molecule has 1 amide bonds. The molecule has 0 saturated carbocycles. The Hall–Kier alpha value is -1.92. The van der Waals surface area contributed by atoms with E-state index in [1.54, 1.807) is 0 Å². The molecule has 0 radical (unpaired) electrons. The van der Waals surface area contributed by atoms with Crippen LogP contribution in [0.15, 0.2) is 0 Å². The molecular weight excluding hydrogens is 388 g/mol. The molecule has 11 nitrogen and oxygen atoms in total. The topological polar surface area (TPSA) is 163 Å². The first-order valence-electron chi connectivity index (χ1n) is 9.48. The van der Waals surface area contributed by atoms with Crippen LogP contribution in [0.1, 0.15) is 25.7 Å². The van der Waals surface area contributed by atoms with Gasteiger partial charge in [0.1, 0.15) is 31.3 Å². The average Bonchev–Trinajstić information content (AvgIpc) is 2.69. The predicted molar refractivity (Wildman–Crippen MR) is 101 cm³/mol. The van der Waals surface area contributed by atoms with E-state index >= 15 is 0 Å². The standard InChI is InChI=1S/C18H32N2O9/c19-16(18(24)25)4-3-15(22)2-1-7-26-12-13-29-14-17(23)20-5-8-27-10-11-28-9-6-21/h6,16H,1-5,7-14,19H2,(H,20,23)(H,24,25)/t16-/m1/s1. The number of carboxylic acids is 1. The molecule has 29 heavy (non-hydrogen) atoms. The number of aldehydes is 1. The molecule has 0 aliphatic carbocycles. The second kappa shape index (κ2) is 19.4. The maximum absolute atomic E-state index is 11.6. The third-order valence-corrected chi connectivity index (χ3v) is 3.53. The Bertz CT molecular complexity index is 474. The van der Waals surface area contributed by atoms with E-state index < -0.39 is 12.0 Å². The first-order valence-corrected chi connectivity index (χ1v) is 9.48. The third-order valence-electron chi connectivity index (χ3n) is 3.53. The van der Waals surface area contributed by atoms with Crippen LogP contribution in [-0.2, 0) is 38.1 Å². The highest BCUT2D eigenvalue weighted by atomic mass is 16.5. The molecule has 0 heterocycles. The summed E-state index contributed by atoms with van der Waals surface area (Å²) in [5.74, 6) is -1.42. The Labute approximate surface area is 170 Å². The average molecular weight is 420 g/mol. The number of nitrogens with one attached hydrogen (secondary N) is 1. The van der Waals surface area contributed by atoms with E-state index in [1.165, 1.54) is 0 Å². The van der Waals surface area contributed by atoms with Gasteiger partial charge in [0, 0.05) is 26.0 Å². The molecular formula is C18H32N2O9. The SMILES string of the molecule is N[C@H](CCC(=O)CCCOCCOCC(=O)NCCOCCOCC=O)C(=O)O. The van der Waals surface area contributed by atoms with Crippen LogP contribution in [0.5, 0.6) is 0 Å². The highest BCUT2D eigenvalue weighted by Gasteiger charge is 2.13. The molecule has 1 atom stereocenters. The lowest BCUT2D eigenvalue weighted by atomic mass is 10.1. The maximum atomic E-state index is 11.6. The number of aliphatic carboxylic acids is 1. The van der Waals surface area contributed by atoms with Gasteiger partial charge in [-0.05, 0) is 12.8 Å². The molecule has 0 aliphatic rings. The number of carboxylic acid groups (broad SMARTS) is 1. The molecule has 168 valence electrons. The van der Waals surface area contributed by atoms with Crippen molar-refractivity contribution in [3.63, 3.8) is 0 Å². The van der Waals surface area contributed by atoms with Crippen molar-refractivity contribution >= 4 is 23.9 Å². The first-order chi connectivity index (χ1) is 14.0. The Morgan fingerprint density at radius 3 is 2.28 bits per heavy atom. The summed E-state index contributed by atoms with van der Waals surface area (Å²) in [4.78, 5) is 43.6. The fraction of sp³-hybridized carbons (Fsp3) is 0.778. The number of rotatable bonds is 21. The van der Waals surface area contributed by atoms with Gasteiger partial charge >= 0.3 is 5.97 Å². The van der Waals surface area contributed by atoms with E-state index in [4.69, 9.17) is 29.8 Å². The molecule has 0 aromatic heterocycles. The van der Waals surface area contributed by atoms with Crippen LogP contribution in [0.25, 0.3) is 0 Å². The molecule has 0 aromatic carbocycles. The Kier molecular flexibility index (Phi) is 18.1. The quantitative estimate of drug-likeness (QED) is 0.153. The monoisotopic (exact) mass is 420 g/mol. The summed E-state index contributed by atoms with van der Waals surface area (Å²) >= 11 is 0. The largest absolute Gasteiger partial charge is 0.480 e. The summed E-state index contributed by atoms with van der Waals surface area (Å²) in [5.41, 5.74) is 5.33. The Morgan fingerprint density at radius 2 is 1.59 bits per heavy atom. The van der Waals surface area contributed by atoms with Gasteiger partial charge in [0.15, 0.2) is 0 Å². The lowest BCUT2D eigenvalue weighted by Crippen LogP contribution is -2.31. The summed E-state index contributed by atoms with van der Waals surface area (Å²) in [6.07, 6.45) is 1.77. The molecule has 11 heteroatoms. The van der Waals surface area contributed by atoms with E-state index in [0.717, 1.165) is 0 Å². The van der Waals surface area contributed by atoms with E-state index in [9.17, 15) is 19.2 Å². The molecule has 0 saturated heterocycles. The van der Waals surface area contributed by atoms with Crippen molar-refractivity contribution in [2.24, 2.45) is 5.73 Å². The van der Waals surface area contributed by atoms with Crippen molar-refractivity contribution in [1.29, 1.82) is 0 Å². The van der Waals surface area contributed by atoms with Gasteiger partial charge in [0.25, 0.3) is 0 Å². The smallest absolute Gasteiger partial charge is 0.320 e. The number of ether oxygens (including phenoxy) is 4. The Morgan fingerprint density at radius 1 is 0.931 bits per heavy atom. The Balaban J connectivity index is 3.35. The number of hydrogen-bond donors (Lipinski definition) is 3. The highest BCUT2D eigenvalue weighted by Crippen LogP contribution is 2.02. The minimum absolute atomic E-state index is 0.0447. The number of Topliss-reactive ketones (excluding diaryl/α,β-unsaturated/α-hetero) is 1. The van der Waals surface area contributed by atoms with Gasteiger partial charge in [0.05, 0.1) is 33.0 Å². The fourth-order valence-corrected chi connectivity index (χ4v) is 1.99. The molecule has 0 unspecified atom stereocenters. The van der Waals surface area contributed by atoms with Gasteiger partial charge in [-0.1, -0.05) is 0 Å². The molecule has 0 bridgehead atoms. The summed E-state index contributed by atoms with van der Waals surface area (Å²) in [5, 5.41) is 11.3. The van der Waals surface area contributed by atoms with E-state index in [2.05, 4.69) is 5.32 Å². The van der Waals surface area contributed by atoms with E-state index in [1.807, 2.05) is 0 Å². The van der Waals surface area contributed by atoms with Crippen LogP contribution < -0.4 is 11.1 Å². The number of carbonyl (C=O) groups excluding carboxylic acids is 3. The van der Waals surface area contributed by atoms with Gasteiger partial charge < -0.3 is 39.9 Å². The minimum atomic E-state index is -1.11. The van der Waals surface area contributed by atoms with Gasteiger partial charge in [-0.3, -0.25) is 14.4 Å². The number of nitrogens with two attached hydrogens (primary N) is 1. The van der Waals surface area contributed by atoms with Crippen molar-refractivity contribution in [2.75, 3.05) is 59.4 Å². The number of ketones is 1. The molecule has 0 spiro atoms. The lowest BCUT2D eigenvalue weighted by molar-refractivity contribution is -0.138. The number of carbonyl (C=O) groups is 4. The predicted octanol–water partition coefficient (Wildman–Crippen LogP) is -1.09. The second-order valence-electron chi connectivity index (χ2n) is 5.99. The van der Waals surface area contributed by atoms with Crippen LogP contribution in [0.3, 0.4) is 0 Å². The summed E-state index contributed by atoms with van der Waals surface area (Å²) < 4.78 is 20.6. The van der Waals surface area contributed by atoms with Crippen LogP contribution in [0.2, 0.25) is 0 Å². The zero-order valence-corrected chi connectivity index (χ0v) is 16.6. The normalized spacial score (nSPS) is 11.8. The minimum Gasteiger partial charge on any atom is -0.480 e. The highest BCUT2D eigenvalue weighted by molar-refractivity contribution is 5.80. The van der Waals surface area contributed by atoms with Crippen LogP contribution >= 0.6 is 0 Å². The van der Waals surface area contributed by atoms with Crippen molar-refractivity contribution in [3.8, 4) is 0 Å². The van der Waals surface area contributed by atoms with Crippen LogP contribution in [-0.4, -0.2) is 94.5 Å². The zero-order valence-electron chi connectivity index (χ0n) is 16.6. The van der Waals surface area contributed by atoms with Gasteiger partial charge in [0.2, 0.25) is 5.91 Å². The third kappa shape index (κ3) is 19.2. The number of amides is 1. The van der Waals surface area contributed by atoms with Crippen LogP contribution in [0, 0.1) is 0 Å². The number of hydrogen-bond acceptors (Lipinski definition) is 9. The maximum Gasteiger partial charge on any atom is 0.320 e. The van der Waals surface area contributed by atoms with Crippen LogP contribution in [0.4, 0.5) is 0 Å². The zero-order chi connectivity index (χ0) is 21.7. The van der Waals surface area contributed by atoms with E-state index in [-0.39, 0.29) is 44.4 Å². The van der Waals surface area contributed by atoms with Crippen molar-refractivity contribution in [3.05, 3.63) is 0 Å². The van der Waals surface area contributed by atoms with Gasteiger partial charge in [-0.25, -0.2) is 0 Å². The van der Waals surface area contributed by atoms with Crippen molar-refractivity contribution < 1.29 is 43.2 Å². The summed E-state index contributed by atoms with van der Waals surface area (Å²) in [6.45, 7) is 2.23. The molecule has 0 fully saturated rings. The molecule has 0 rings (SSSR count). The van der Waals surface area contributed by atoms with Gasteiger partial charge in [-0.2, -0.15) is 0 Å². The van der Waals surface area contributed by atoms with Crippen molar-refractivity contribution in [2.45, 2.75) is 31.7 Å². The summed E-state index contributed by atoms with van der Waals surface area (Å²) in [6, 6.07) is -1.01. The molecule has 0 aliphatic heterocycles. The fourth-order valence-electron chi connectivity index (χ4n) is 1.99. The second-order valence-corrected chi connectivity index (χ2v) is 5.99. The molecule has 0 aromatic rings. The lowest BCUT2D eigenvalue weighted by Gasteiger charge is -2.08. The van der Waals surface area contributed by atoms with E-state index in [0.29, 0.717) is 58.7 Å².